The van der Waals surface area contributed by atoms with Crippen molar-refractivity contribution in [1.82, 2.24) is 4.98 Å². The van der Waals surface area contributed by atoms with E-state index in [-0.39, 0.29) is 0 Å². The van der Waals surface area contributed by atoms with Crippen molar-refractivity contribution in [3.8, 4) is 0 Å². The first-order valence-electron chi connectivity index (χ1n) is 5.93. The zero-order valence-electron chi connectivity index (χ0n) is 10.1. The molecule has 3 heterocycles. The minimum Gasteiger partial charge on any atom is -0.464 e. The van der Waals surface area contributed by atoms with Crippen LogP contribution in [0, 0.1) is 0 Å². The lowest BCUT2D eigenvalue weighted by Gasteiger charge is -2.14. The van der Waals surface area contributed by atoms with Gasteiger partial charge in [0.25, 0.3) is 0 Å². The van der Waals surface area contributed by atoms with E-state index in [4.69, 9.17) is 4.42 Å². The molecule has 0 aliphatic carbocycles. The number of nitrogens with zero attached hydrogens (tertiary/aromatic N) is 1. The average molecular weight is 258 g/mol. The fraction of sp³-hybridized carbons (Fsp3) is 0.214. The van der Waals surface area contributed by atoms with Crippen LogP contribution in [-0.2, 0) is 6.42 Å². The van der Waals surface area contributed by atoms with E-state index in [2.05, 4.69) is 34.1 Å². The molecule has 1 unspecified atom stereocenters. The molecule has 0 fully saturated rings. The van der Waals surface area contributed by atoms with Gasteiger partial charge in [0.15, 0.2) is 0 Å². The van der Waals surface area contributed by atoms with Crippen LogP contribution in [0.4, 0.5) is 5.82 Å². The van der Waals surface area contributed by atoms with Gasteiger partial charge in [-0.25, -0.2) is 4.98 Å². The lowest BCUT2D eigenvalue weighted by molar-refractivity contribution is 0.615. The van der Waals surface area contributed by atoms with E-state index >= 15 is 0 Å². The number of nitrogens with one attached hydrogen (secondary N) is 1. The summed E-state index contributed by atoms with van der Waals surface area (Å²) in [5.74, 6) is 0.893. The van der Waals surface area contributed by atoms with Crippen LogP contribution >= 0.6 is 11.3 Å². The van der Waals surface area contributed by atoms with Crippen LogP contribution in [0.5, 0.6) is 0 Å². The molecule has 3 nitrogen and oxygen atoms in total. The molecule has 3 aromatic heterocycles. The number of hydrogen-bond donors (Lipinski definition) is 1. The largest absolute Gasteiger partial charge is 0.464 e. The summed E-state index contributed by atoms with van der Waals surface area (Å²) in [5.41, 5.74) is 2.23. The average Bonchev–Trinajstić information content (AvgIpc) is 2.99. The van der Waals surface area contributed by atoms with Gasteiger partial charge in [-0.3, -0.25) is 0 Å². The zero-order valence-corrected chi connectivity index (χ0v) is 10.9. The number of fused-ring (bicyclic) bond motifs is 1. The molecule has 18 heavy (non-hydrogen) atoms. The molecule has 0 radical (unpaired) electrons. The van der Waals surface area contributed by atoms with Crippen molar-refractivity contribution in [3.63, 3.8) is 0 Å². The number of aromatic nitrogens is 1. The molecule has 0 aliphatic rings. The summed E-state index contributed by atoms with van der Waals surface area (Å²) in [6.45, 7) is 2.16. The Kier molecular flexibility index (Phi) is 3.02. The number of furan rings is 1. The minimum absolute atomic E-state index is 0.340. The van der Waals surface area contributed by atoms with E-state index in [0.29, 0.717) is 6.04 Å². The number of thiophene rings is 1. The highest BCUT2D eigenvalue weighted by molar-refractivity contribution is 7.07. The molecule has 0 aliphatic heterocycles. The van der Waals surface area contributed by atoms with E-state index in [9.17, 15) is 0 Å². The molecule has 1 N–H and O–H groups in total. The standard InChI is InChI=1S/C14H14N2OS/c1-10(8-11-4-7-18-9-11)16-14-12-3-6-17-13(12)2-5-15-14/h2-7,9-10H,8H2,1H3,(H,15,16). The maximum Gasteiger partial charge on any atom is 0.139 e. The molecule has 4 heteroatoms. The molecule has 0 spiro atoms. The summed E-state index contributed by atoms with van der Waals surface area (Å²) >= 11 is 1.73. The highest BCUT2D eigenvalue weighted by Crippen LogP contribution is 2.22. The smallest absolute Gasteiger partial charge is 0.139 e. The van der Waals surface area contributed by atoms with Crippen LogP contribution in [0.15, 0.2) is 45.8 Å². The van der Waals surface area contributed by atoms with E-state index in [0.717, 1.165) is 23.2 Å². The topological polar surface area (TPSA) is 38.1 Å². The molecule has 1 atom stereocenters. The number of pyridine rings is 1. The lowest BCUT2D eigenvalue weighted by atomic mass is 10.1. The summed E-state index contributed by atoms with van der Waals surface area (Å²) in [6.07, 6.45) is 4.46. The van der Waals surface area contributed by atoms with Crippen molar-refractivity contribution in [1.29, 1.82) is 0 Å². The van der Waals surface area contributed by atoms with Gasteiger partial charge >= 0.3 is 0 Å². The third-order valence-corrected chi connectivity index (χ3v) is 3.62. The first-order chi connectivity index (χ1) is 8.83. The van der Waals surface area contributed by atoms with Crippen LogP contribution < -0.4 is 5.32 Å². The Morgan fingerprint density at radius 3 is 3.17 bits per heavy atom. The third kappa shape index (κ3) is 2.24. The quantitative estimate of drug-likeness (QED) is 0.770. The molecular formula is C14H14N2OS. The Morgan fingerprint density at radius 2 is 2.33 bits per heavy atom. The van der Waals surface area contributed by atoms with Gasteiger partial charge in [-0.15, -0.1) is 0 Å². The number of rotatable bonds is 4. The molecule has 0 saturated carbocycles. The van der Waals surface area contributed by atoms with E-state index in [1.165, 1.54) is 5.56 Å². The van der Waals surface area contributed by atoms with Crippen LogP contribution in [0.2, 0.25) is 0 Å². The second-order valence-electron chi connectivity index (χ2n) is 4.37. The molecule has 92 valence electrons. The van der Waals surface area contributed by atoms with Gasteiger partial charge in [0.2, 0.25) is 0 Å². The molecule has 3 aromatic rings. The number of anilines is 1. The van der Waals surface area contributed by atoms with Gasteiger partial charge in [0.05, 0.1) is 11.6 Å². The van der Waals surface area contributed by atoms with Crippen LogP contribution in [0.1, 0.15) is 12.5 Å². The van der Waals surface area contributed by atoms with Crippen LogP contribution in [-0.4, -0.2) is 11.0 Å². The Labute approximate surface area is 109 Å². The Hall–Kier alpha value is -1.81. The van der Waals surface area contributed by atoms with E-state index < -0.39 is 0 Å². The summed E-state index contributed by atoms with van der Waals surface area (Å²) in [5, 5.41) is 8.77. The van der Waals surface area contributed by atoms with Crippen LogP contribution in [0.3, 0.4) is 0 Å². The lowest BCUT2D eigenvalue weighted by Crippen LogP contribution is -2.18. The highest BCUT2D eigenvalue weighted by atomic mass is 32.1. The minimum atomic E-state index is 0.340. The van der Waals surface area contributed by atoms with Crippen molar-refractivity contribution in [2.24, 2.45) is 0 Å². The Morgan fingerprint density at radius 1 is 1.39 bits per heavy atom. The zero-order chi connectivity index (χ0) is 12.4. The monoisotopic (exact) mass is 258 g/mol. The van der Waals surface area contributed by atoms with Gasteiger partial charge in [0.1, 0.15) is 11.4 Å². The fourth-order valence-electron chi connectivity index (χ4n) is 2.06. The van der Waals surface area contributed by atoms with Gasteiger partial charge in [-0.05, 0) is 47.9 Å². The molecular weight excluding hydrogens is 244 g/mol. The van der Waals surface area contributed by atoms with Crippen molar-refractivity contribution in [3.05, 3.63) is 47.0 Å². The van der Waals surface area contributed by atoms with Crippen molar-refractivity contribution < 1.29 is 4.42 Å². The predicted molar refractivity (Wildman–Crippen MR) is 75.1 cm³/mol. The van der Waals surface area contributed by atoms with Gasteiger partial charge in [-0.1, -0.05) is 0 Å². The summed E-state index contributed by atoms with van der Waals surface area (Å²) in [4.78, 5) is 4.38. The summed E-state index contributed by atoms with van der Waals surface area (Å²) in [6, 6.07) is 6.33. The van der Waals surface area contributed by atoms with E-state index in [1.54, 1.807) is 23.8 Å². The SMILES string of the molecule is CC(Cc1ccsc1)Nc1nccc2occc12. The van der Waals surface area contributed by atoms with Crippen LogP contribution in [0.25, 0.3) is 11.0 Å². The maximum absolute atomic E-state index is 5.37. The number of hydrogen-bond acceptors (Lipinski definition) is 4. The van der Waals surface area contributed by atoms with E-state index in [1.807, 2.05) is 12.1 Å². The Bertz CT molecular complexity index is 630. The Balaban J connectivity index is 1.77. The highest BCUT2D eigenvalue weighted by Gasteiger charge is 2.08. The van der Waals surface area contributed by atoms with Gasteiger partial charge in [0, 0.05) is 12.2 Å². The second-order valence-corrected chi connectivity index (χ2v) is 5.15. The molecule has 3 rings (SSSR count). The maximum atomic E-state index is 5.37. The fourth-order valence-corrected chi connectivity index (χ4v) is 2.74. The van der Waals surface area contributed by atoms with Gasteiger partial charge < -0.3 is 9.73 Å². The third-order valence-electron chi connectivity index (χ3n) is 2.88. The normalized spacial score (nSPS) is 12.7. The van der Waals surface area contributed by atoms with Gasteiger partial charge in [-0.2, -0.15) is 11.3 Å². The molecule has 0 amide bonds. The molecule has 0 bridgehead atoms. The van der Waals surface area contributed by atoms with Crippen molar-refractivity contribution in [2.75, 3.05) is 5.32 Å². The van der Waals surface area contributed by atoms with Crippen molar-refractivity contribution >= 4 is 28.1 Å². The molecule has 0 saturated heterocycles. The predicted octanol–water partition coefficient (Wildman–Crippen LogP) is 3.93. The first kappa shape index (κ1) is 11.3. The first-order valence-corrected chi connectivity index (χ1v) is 6.87. The van der Waals surface area contributed by atoms with Crippen molar-refractivity contribution in [2.45, 2.75) is 19.4 Å². The summed E-state index contributed by atoms with van der Waals surface area (Å²) < 4.78 is 5.37. The molecule has 0 aromatic carbocycles. The second kappa shape index (κ2) is 4.82. The summed E-state index contributed by atoms with van der Waals surface area (Å²) in [7, 11) is 0.